The molecule has 1 atom stereocenters. The summed E-state index contributed by atoms with van der Waals surface area (Å²) in [6, 6.07) is 8.55. The zero-order chi connectivity index (χ0) is 13.0. The Bertz CT molecular complexity index is 510. The molecule has 1 aromatic heterocycles. The van der Waals surface area contributed by atoms with Crippen LogP contribution in [0.5, 0.6) is 0 Å². The first-order chi connectivity index (χ1) is 8.69. The normalized spacial score (nSPS) is 12.6. The van der Waals surface area contributed by atoms with Gasteiger partial charge >= 0.3 is 0 Å². The van der Waals surface area contributed by atoms with E-state index in [2.05, 4.69) is 51.4 Å². The Kier molecular flexibility index (Phi) is 4.55. The SMILES string of the molecule is CCNC(Cc1cccc(Br)c1)c1coc(C)n1. The molecule has 0 aliphatic rings. The summed E-state index contributed by atoms with van der Waals surface area (Å²) in [5.74, 6) is 0.710. The van der Waals surface area contributed by atoms with E-state index in [1.54, 1.807) is 6.26 Å². The predicted octanol–water partition coefficient (Wildman–Crippen LogP) is 3.64. The molecule has 0 saturated heterocycles. The standard InChI is InChI=1S/C14H17BrN2O/c1-3-16-13(14-9-18-10(2)17-14)8-11-5-4-6-12(15)7-11/h4-7,9,13,16H,3,8H2,1-2H3. The number of rotatable bonds is 5. The summed E-state index contributed by atoms with van der Waals surface area (Å²) in [6.45, 7) is 4.87. The number of aromatic nitrogens is 1. The van der Waals surface area contributed by atoms with E-state index in [1.807, 2.05) is 13.0 Å². The first kappa shape index (κ1) is 13.3. The van der Waals surface area contributed by atoms with Crippen LogP contribution in [0.3, 0.4) is 0 Å². The highest BCUT2D eigenvalue weighted by Gasteiger charge is 2.15. The zero-order valence-corrected chi connectivity index (χ0v) is 12.2. The molecule has 1 unspecified atom stereocenters. The van der Waals surface area contributed by atoms with Crippen molar-refractivity contribution in [2.45, 2.75) is 26.3 Å². The van der Waals surface area contributed by atoms with Crippen LogP contribution in [0.2, 0.25) is 0 Å². The van der Waals surface area contributed by atoms with Crippen LogP contribution in [0.1, 0.15) is 30.1 Å². The van der Waals surface area contributed by atoms with E-state index in [9.17, 15) is 0 Å². The van der Waals surface area contributed by atoms with E-state index >= 15 is 0 Å². The number of oxazole rings is 1. The van der Waals surface area contributed by atoms with Gasteiger partial charge in [0.15, 0.2) is 5.89 Å². The van der Waals surface area contributed by atoms with Crippen molar-refractivity contribution >= 4 is 15.9 Å². The number of halogens is 1. The topological polar surface area (TPSA) is 38.1 Å². The Hall–Kier alpha value is -1.13. The molecule has 2 rings (SSSR count). The van der Waals surface area contributed by atoms with Gasteiger partial charge in [-0.25, -0.2) is 4.98 Å². The Balaban J connectivity index is 2.16. The lowest BCUT2D eigenvalue weighted by molar-refractivity contribution is 0.510. The zero-order valence-electron chi connectivity index (χ0n) is 10.6. The summed E-state index contributed by atoms with van der Waals surface area (Å²) in [4.78, 5) is 4.41. The molecule has 1 aromatic carbocycles. The fourth-order valence-electron chi connectivity index (χ4n) is 1.97. The molecule has 2 aromatic rings. The summed E-state index contributed by atoms with van der Waals surface area (Å²) in [7, 11) is 0. The van der Waals surface area contributed by atoms with Crippen LogP contribution >= 0.6 is 15.9 Å². The molecule has 4 heteroatoms. The second-order valence-corrected chi connectivity index (χ2v) is 5.15. The first-order valence-corrected chi connectivity index (χ1v) is 6.88. The molecule has 1 heterocycles. The number of aryl methyl sites for hydroxylation is 1. The molecule has 0 amide bonds. The van der Waals surface area contributed by atoms with Crippen molar-refractivity contribution in [2.24, 2.45) is 0 Å². The number of nitrogens with one attached hydrogen (secondary N) is 1. The van der Waals surface area contributed by atoms with Gasteiger partial charge < -0.3 is 9.73 Å². The van der Waals surface area contributed by atoms with Gasteiger partial charge in [-0.05, 0) is 30.7 Å². The minimum absolute atomic E-state index is 0.196. The quantitative estimate of drug-likeness (QED) is 0.916. The lowest BCUT2D eigenvalue weighted by Crippen LogP contribution is -2.23. The van der Waals surface area contributed by atoms with Gasteiger partial charge in [-0.15, -0.1) is 0 Å². The highest BCUT2D eigenvalue weighted by atomic mass is 79.9. The number of nitrogens with zero attached hydrogens (tertiary/aromatic N) is 1. The van der Waals surface area contributed by atoms with Gasteiger partial charge in [-0.2, -0.15) is 0 Å². The van der Waals surface area contributed by atoms with Gasteiger partial charge in [-0.1, -0.05) is 35.0 Å². The van der Waals surface area contributed by atoms with E-state index in [1.165, 1.54) is 5.56 Å². The van der Waals surface area contributed by atoms with E-state index in [0.717, 1.165) is 23.1 Å². The van der Waals surface area contributed by atoms with E-state index in [4.69, 9.17) is 4.42 Å². The van der Waals surface area contributed by atoms with Crippen molar-refractivity contribution in [1.82, 2.24) is 10.3 Å². The lowest BCUT2D eigenvalue weighted by Gasteiger charge is -2.15. The largest absolute Gasteiger partial charge is 0.449 e. The van der Waals surface area contributed by atoms with E-state index in [0.29, 0.717) is 5.89 Å². The molecule has 3 nitrogen and oxygen atoms in total. The van der Waals surface area contributed by atoms with Gasteiger partial charge in [0.25, 0.3) is 0 Å². The van der Waals surface area contributed by atoms with Gasteiger partial charge in [0.2, 0.25) is 0 Å². The molecule has 0 spiro atoms. The van der Waals surface area contributed by atoms with E-state index < -0.39 is 0 Å². The van der Waals surface area contributed by atoms with Gasteiger partial charge in [-0.3, -0.25) is 0 Å². The molecule has 0 fully saturated rings. The fraction of sp³-hybridized carbons (Fsp3) is 0.357. The highest BCUT2D eigenvalue weighted by molar-refractivity contribution is 9.10. The Morgan fingerprint density at radius 3 is 2.89 bits per heavy atom. The second-order valence-electron chi connectivity index (χ2n) is 4.24. The molecule has 0 aliphatic heterocycles. The third kappa shape index (κ3) is 3.43. The molecule has 0 radical (unpaired) electrons. The van der Waals surface area contributed by atoms with Crippen molar-refractivity contribution in [1.29, 1.82) is 0 Å². The Morgan fingerprint density at radius 2 is 2.28 bits per heavy atom. The van der Waals surface area contributed by atoms with E-state index in [-0.39, 0.29) is 6.04 Å². The summed E-state index contributed by atoms with van der Waals surface area (Å²) in [6.07, 6.45) is 2.64. The first-order valence-electron chi connectivity index (χ1n) is 6.09. The third-order valence-electron chi connectivity index (χ3n) is 2.77. The smallest absolute Gasteiger partial charge is 0.191 e. The highest BCUT2D eigenvalue weighted by Crippen LogP contribution is 2.20. The van der Waals surface area contributed by atoms with Crippen molar-refractivity contribution in [3.63, 3.8) is 0 Å². The maximum Gasteiger partial charge on any atom is 0.191 e. The van der Waals surface area contributed by atoms with Crippen molar-refractivity contribution in [2.75, 3.05) is 6.54 Å². The van der Waals surface area contributed by atoms with Crippen LogP contribution in [0.25, 0.3) is 0 Å². The van der Waals surface area contributed by atoms with Crippen LogP contribution in [-0.4, -0.2) is 11.5 Å². The van der Waals surface area contributed by atoms with Crippen LogP contribution in [0, 0.1) is 6.92 Å². The number of hydrogen-bond donors (Lipinski definition) is 1. The third-order valence-corrected chi connectivity index (χ3v) is 3.27. The Labute approximate surface area is 116 Å². The minimum Gasteiger partial charge on any atom is -0.449 e. The lowest BCUT2D eigenvalue weighted by atomic mass is 10.0. The average Bonchev–Trinajstić information content (AvgIpc) is 2.75. The molecule has 18 heavy (non-hydrogen) atoms. The van der Waals surface area contributed by atoms with Crippen LogP contribution in [0.15, 0.2) is 39.4 Å². The monoisotopic (exact) mass is 308 g/mol. The number of hydrogen-bond acceptors (Lipinski definition) is 3. The molecule has 1 N–H and O–H groups in total. The van der Waals surface area contributed by atoms with Crippen LogP contribution in [0.4, 0.5) is 0 Å². The molecule has 0 aliphatic carbocycles. The molecule has 0 saturated carbocycles. The molecule has 96 valence electrons. The molecular weight excluding hydrogens is 292 g/mol. The maximum absolute atomic E-state index is 5.29. The van der Waals surface area contributed by atoms with Gasteiger partial charge in [0, 0.05) is 11.4 Å². The van der Waals surface area contributed by atoms with Crippen molar-refractivity contribution in [3.05, 3.63) is 52.1 Å². The van der Waals surface area contributed by atoms with Gasteiger partial charge in [0.1, 0.15) is 6.26 Å². The predicted molar refractivity (Wildman–Crippen MR) is 75.5 cm³/mol. The Morgan fingerprint density at radius 1 is 1.44 bits per heavy atom. The molecule has 0 bridgehead atoms. The number of likely N-dealkylation sites (N-methyl/N-ethyl adjacent to an activating group) is 1. The summed E-state index contributed by atoms with van der Waals surface area (Å²) in [5, 5.41) is 3.44. The summed E-state index contributed by atoms with van der Waals surface area (Å²) < 4.78 is 6.40. The fourth-order valence-corrected chi connectivity index (χ4v) is 2.41. The molecular formula is C14H17BrN2O. The maximum atomic E-state index is 5.29. The average molecular weight is 309 g/mol. The summed E-state index contributed by atoms with van der Waals surface area (Å²) >= 11 is 3.50. The van der Waals surface area contributed by atoms with Gasteiger partial charge in [0.05, 0.1) is 11.7 Å². The van der Waals surface area contributed by atoms with Crippen LogP contribution < -0.4 is 5.32 Å². The number of benzene rings is 1. The van der Waals surface area contributed by atoms with Crippen LogP contribution in [-0.2, 0) is 6.42 Å². The van der Waals surface area contributed by atoms with Crippen molar-refractivity contribution < 1.29 is 4.42 Å². The minimum atomic E-state index is 0.196. The summed E-state index contributed by atoms with van der Waals surface area (Å²) in [5.41, 5.74) is 2.24. The second kappa shape index (κ2) is 6.16. The van der Waals surface area contributed by atoms with Crippen molar-refractivity contribution in [3.8, 4) is 0 Å².